The lowest BCUT2D eigenvalue weighted by atomic mass is 10.0. The number of benzene rings is 2. The van der Waals surface area contributed by atoms with Crippen LogP contribution in [-0.4, -0.2) is 45.1 Å². The summed E-state index contributed by atoms with van der Waals surface area (Å²) in [6, 6.07) is 6.75. The van der Waals surface area contributed by atoms with Crippen LogP contribution in [0.4, 0.5) is 0 Å². The van der Waals surface area contributed by atoms with Gasteiger partial charge in [-0.25, -0.2) is 8.42 Å². The number of hydrogen-bond donors (Lipinski definition) is 2. The molecule has 0 unspecified atom stereocenters. The lowest BCUT2D eigenvalue weighted by Crippen LogP contribution is -2.15. The molecule has 0 atom stereocenters. The molecule has 0 spiro atoms. The average molecular weight is 394 g/mol. The van der Waals surface area contributed by atoms with Crippen molar-refractivity contribution in [1.29, 1.82) is 0 Å². The van der Waals surface area contributed by atoms with Gasteiger partial charge in [-0.3, -0.25) is 0 Å². The summed E-state index contributed by atoms with van der Waals surface area (Å²) in [5.41, 5.74) is 2.70. The lowest BCUT2D eigenvalue weighted by Gasteiger charge is -2.22. The van der Waals surface area contributed by atoms with Gasteiger partial charge in [-0.1, -0.05) is 18.2 Å². The number of ether oxygens (including phenoxy) is 2. The topological polar surface area (TPSA) is 93.1 Å². The fourth-order valence-corrected chi connectivity index (χ4v) is 4.88. The maximum Gasteiger partial charge on any atom is 0.210 e. The monoisotopic (exact) mass is 394 g/mol. The molecule has 0 aliphatic rings. The van der Waals surface area contributed by atoms with Gasteiger partial charge in [-0.05, 0) is 56.0 Å². The molecule has 0 aliphatic carbocycles. The SMILES string of the molecule is Cc1ccccc1S(=O)(=O)c1c(C)c(C)c(C)c(OCCO)c1OCCO. The molecule has 0 amide bonds. The van der Waals surface area contributed by atoms with Crippen LogP contribution < -0.4 is 9.47 Å². The fourth-order valence-electron chi connectivity index (χ4n) is 2.96. The molecule has 27 heavy (non-hydrogen) atoms. The van der Waals surface area contributed by atoms with Crippen molar-refractivity contribution in [2.75, 3.05) is 26.4 Å². The van der Waals surface area contributed by atoms with E-state index in [0.717, 1.165) is 11.1 Å². The van der Waals surface area contributed by atoms with Gasteiger partial charge in [0.15, 0.2) is 11.5 Å². The molecule has 2 rings (SSSR count). The highest BCUT2D eigenvalue weighted by Crippen LogP contribution is 2.44. The van der Waals surface area contributed by atoms with Crippen LogP contribution in [-0.2, 0) is 9.84 Å². The van der Waals surface area contributed by atoms with Gasteiger partial charge in [0, 0.05) is 0 Å². The molecule has 0 aromatic heterocycles. The van der Waals surface area contributed by atoms with Crippen LogP contribution in [0.2, 0.25) is 0 Å². The first-order chi connectivity index (χ1) is 12.8. The number of aliphatic hydroxyl groups excluding tert-OH is 2. The molecule has 2 aromatic rings. The normalized spacial score (nSPS) is 11.5. The van der Waals surface area contributed by atoms with Crippen LogP contribution in [0, 0.1) is 27.7 Å². The molecule has 0 heterocycles. The summed E-state index contributed by atoms with van der Waals surface area (Å²) < 4.78 is 38.3. The Labute approximate surface area is 160 Å². The Bertz CT molecular complexity index is 919. The Kier molecular flexibility index (Phi) is 6.86. The summed E-state index contributed by atoms with van der Waals surface area (Å²) in [7, 11) is -3.90. The highest BCUT2D eigenvalue weighted by Gasteiger charge is 2.31. The molecule has 0 saturated carbocycles. The molecule has 6 nitrogen and oxygen atoms in total. The largest absolute Gasteiger partial charge is 0.487 e. The van der Waals surface area contributed by atoms with Crippen molar-refractivity contribution in [3.63, 3.8) is 0 Å². The molecule has 0 radical (unpaired) electrons. The number of aliphatic hydroxyl groups is 2. The minimum absolute atomic E-state index is 0.00266. The second-order valence-corrected chi connectivity index (χ2v) is 8.13. The third-order valence-electron chi connectivity index (χ3n) is 4.55. The van der Waals surface area contributed by atoms with Gasteiger partial charge in [-0.2, -0.15) is 0 Å². The van der Waals surface area contributed by atoms with Crippen molar-refractivity contribution >= 4 is 9.84 Å². The minimum Gasteiger partial charge on any atom is -0.487 e. The molecule has 0 fully saturated rings. The quantitative estimate of drug-likeness (QED) is 0.715. The zero-order valence-corrected chi connectivity index (χ0v) is 16.9. The van der Waals surface area contributed by atoms with Gasteiger partial charge in [0.1, 0.15) is 18.1 Å². The molecule has 2 N–H and O–H groups in total. The Morgan fingerprint density at radius 2 is 1.37 bits per heavy atom. The zero-order chi connectivity index (χ0) is 20.2. The maximum atomic E-state index is 13.5. The first kappa shape index (κ1) is 21.2. The van der Waals surface area contributed by atoms with Gasteiger partial charge in [0.2, 0.25) is 9.84 Å². The molecule has 2 aromatic carbocycles. The zero-order valence-electron chi connectivity index (χ0n) is 16.1. The van der Waals surface area contributed by atoms with Gasteiger partial charge in [-0.15, -0.1) is 0 Å². The van der Waals surface area contributed by atoms with E-state index >= 15 is 0 Å². The predicted molar refractivity (Wildman–Crippen MR) is 102 cm³/mol. The van der Waals surface area contributed by atoms with Crippen LogP contribution in [0.3, 0.4) is 0 Å². The first-order valence-electron chi connectivity index (χ1n) is 8.69. The Balaban J connectivity index is 2.84. The Morgan fingerprint density at radius 1 is 0.815 bits per heavy atom. The van der Waals surface area contributed by atoms with E-state index in [4.69, 9.17) is 14.6 Å². The van der Waals surface area contributed by atoms with E-state index in [9.17, 15) is 13.5 Å². The standard InChI is InChI=1S/C20H26O6S/c1-13-7-5-6-8-17(13)27(23,24)20-16(4)14(2)15(3)18(25-11-9-21)19(20)26-12-10-22/h5-8,21-22H,9-12H2,1-4H3. The van der Waals surface area contributed by atoms with E-state index in [1.54, 1.807) is 38.1 Å². The van der Waals surface area contributed by atoms with E-state index in [1.807, 2.05) is 13.8 Å². The number of hydrogen-bond acceptors (Lipinski definition) is 6. The van der Waals surface area contributed by atoms with Gasteiger partial charge >= 0.3 is 0 Å². The van der Waals surface area contributed by atoms with Crippen molar-refractivity contribution in [3.8, 4) is 11.5 Å². The van der Waals surface area contributed by atoms with Crippen molar-refractivity contribution < 1.29 is 28.1 Å². The molecule has 0 saturated heterocycles. The number of sulfone groups is 1. The van der Waals surface area contributed by atoms with E-state index in [2.05, 4.69) is 0 Å². The molecular weight excluding hydrogens is 368 g/mol. The fraction of sp³-hybridized carbons (Fsp3) is 0.400. The lowest BCUT2D eigenvalue weighted by molar-refractivity contribution is 0.174. The third-order valence-corrected chi connectivity index (χ3v) is 6.61. The summed E-state index contributed by atoms with van der Waals surface area (Å²) in [5.74, 6) is 0.342. The predicted octanol–water partition coefficient (Wildman–Crippen LogP) is 2.50. The summed E-state index contributed by atoms with van der Waals surface area (Å²) in [6.45, 7) is 6.54. The van der Waals surface area contributed by atoms with Crippen molar-refractivity contribution in [2.24, 2.45) is 0 Å². The van der Waals surface area contributed by atoms with Crippen LogP contribution >= 0.6 is 0 Å². The summed E-state index contributed by atoms with van der Waals surface area (Å²) in [5, 5.41) is 18.3. The summed E-state index contributed by atoms with van der Waals surface area (Å²) in [6.07, 6.45) is 0. The van der Waals surface area contributed by atoms with E-state index in [1.165, 1.54) is 0 Å². The first-order valence-corrected chi connectivity index (χ1v) is 10.2. The van der Waals surface area contributed by atoms with Crippen LogP contribution in [0.1, 0.15) is 22.3 Å². The number of aryl methyl sites for hydroxylation is 1. The van der Waals surface area contributed by atoms with Gasteiger partial charge in [0.25, 0.3) is 0 Å². The molecule has 148 valence electrons. The molecular formula is C20H26O6S. The van der Waals surface area contributed by atoms with Crippen LogP contribution in [0.15, 0.2) is 34.1 Å². The molecule has 0 aliphatic heterocycles. The second-order valence-electron chi connectivity index (χ2n) is 6.28. The van der Waals surface area contributed by atoms with Gasteiger partial charge in [0.05, 0.1) is 18.1 Å². The summed E-state index contributed by atoms with van der Waals surface area (Å²) >= 11 is 0. The molecule has 7 heteroatoms. The average Bonchev–Trinajstić information content (AvgIpc) is 2.64. The van der Waals surface area contributed by atoms with Crippen molar-refractivity contribution in [2.45, 2.75) is 37.5 Å². The van der Waals surface area contributed by atoms with E-state index in [0.29, 0.717) is 11.1 Å². The second kappa shape index (κ2) is 8.73. The molecule has 0 bridgehead atoms. The van der Waals surface area contributed by atoms with Gasteiger partial charge < -0.3 is 19.7 Å². The number of rotatable bonds is 8. The third kappa shape index (κ3) is 4.10. The van der Waals surface area contributed by atoms with E-state index < -0.39 is 9.84 Å². The highest BCUT2D eigenvalue weighted by molar-refractivity contribution is 7.91. The highest BCUT2D eigenvalue weighted by atomic mass is 32.2. The van der Waals surface area contributed by atoms with Crippen LogP contribution in [0.5, 0.6) is 11.5 Å². The van der Waals surface area contributed by atoms with Crippen molar-refractivity contribution in [3.05, 3.63) is 46.5 Å². The smallest absolute Gasteiger partial charge is 0.210 e. The van der Waals surface area contributed by atoms with Crippen molar-refractivity contribution in [1.82, 2.24) is 0 Å². The minimum atomic E-state index is -3.90. The summed E-state index contributed by atoms with van der Waals surface area (Å²) in [4.78, 5) is 0.222. The van der Waals surface area contributed by atoms with Crippen LogP contribution in [0.25, 0.3) is 0 Å². The maximum absolute atomic E-state index is 13.5. The Hall–Kier alpha value is -2.09. The Morgan fingerprint density at radius 3 is 1.93 bits per heavy atom. The van der Waals surface area contributed by atoms with E-state index in [-0.39, 0.29) is 47.7 Å².